The monoisotopic (exact) mass is 250 g/mol. The molecule has 1 N–H and O–H groups in total. The largest absolute Gasteiger partial charge is 0.406 e. The van der Waals surface area contributed by atoms with E-state index in [1.165, 1.54) is 0 Å². The highest BCUT2D eigenvalue weighted by Crippen LogP contribution is 2.15. The van der Waals surface area contributed by atoms with Gasteiger partial charge in [-0.25, -0.2) is 4.79 Å². The Balaban J connectivity index is 3.12. The molecular weight excluding hydrogens is 237 g/mol. The molecule has 1 aromatic heterocycles. The van der Waals surface area contributed by atoms with Crippen LogP contribution in [-0.4, -0.2) is 15.7 Å². The van der Waals surface area contributed by atoms with Crippen molar-refractivity contribution in [3.8, 4) is 0 Å². The maximum atomic E-state index is 12.1. The minimum absolute atomic E-state index is 0.143. The Morgan fingerprint density at radius 2 is 1.94 bits per heavy atom. The fraction of sp³-hybridized carbons (Fsp3) is 0.600. The first-order valence-electron chi connectivity index (χ1n) is 5.09. The van der Waals surface area contributed by atoms with Crippen LogP contribution in [0, 0.1) is 5.92 Å². The van der Waals surface area contributed by atoms with E-state index in [1.54, 1.807) is 0 Å². The van der Waals surface area contributed by atoms with Gasteiger partial charge in [0.1, 0.15) is 6.54 Å². The minimum atomic E-state index is -4.59. The molecule has 0 fully saturated rings. The van der Waals surface area contributed by atoms with Gasteiger partial charge in [0.25, 0.3) is 5.56 Å². The van der Waals surface area contributed by atoms with E-state index in [0.29, 0.717) is 12.1 Å². The van der Waals surface area contributed by atoms with Crippen molar-refractivity contribution in [3.05, 3.63) is 32.6 Å². The van der Waals surface area contributed by atoms with Crippen LogP contribution >= 0.6 is 0 Å². The van der Waals surface area contributed by atoms with Crippen molar-refractivity contribution in [2.24, 2.45) is 5.92 Å². The molecule has 0 spiro atoms. The van der Waals surface area contributed by atoms with Gasteiger partial charge in [0, 0.05) is 11.8 Å². The molecule has 0 aliphatic heterocycles. The normalized spacial score (nSPS) is 12.1. The number of aromatic amines is 1. The fourth-order valence-corrected chi connectivity index (χ4v) is 1.45. The number of nitrogens with one attached hydrogen (secondary N) is 1. The van der Waals surface area contributed by atoms with Gasteiger partial charge in [-0.05, 0) is 12.3 Å². The number of hydrogen-bond donors (Lipinski definition) is 1. The maximum Gasteiger partial charge on any atom is 0.406 e. The molecule has 0 aliphatic carbocycles. The quantitative estimate of drug-likeness (QED) is 0.879. The summed E-state index contributed by atoms with van der Waals surface area (Å²) in [5.41, 5.74) is -1.60. The van der Waals surface area contributed by atoms with Gasteiger partial charge in [-0.2, -0.15) is 13.2 Å². The Bertz CT molecular complexity index is 468. The minimum Gasteiger partial charge on any atom is -0.311 e. The zero-order chi connectivity index (χ0) is 13.2. The van der Waals surface area contributed by atoms with E-state index in [9.17, 15) is 22.8 Å². The Hall–Kier alpha value is -1.53. The topological polar surface area (TPSA) is 54.9 Å². The molecule has 1 rings (SSSR count). The summed E-state index contributed by atoms with van der Waals surface area (Å²) in [7, 11) is 0. The van der Waals surface area contributed by atoms with Crippen molar-refractivity contribution in [1.29, 1.82) is 0 Å². The molecule has 0 aliphatic rings. The Labute approximate surface area is 95.1 Å². The molecule has 0 saturated carbocycles. The van der Waals surface area contributed by atoms with Crippen LogP contribution in [0.15, 0.2) is 15.7 Å². The summed E-state index contributed by atoms with van der Waals surface area (Å²) in [6.07, 6.45) is -4.15. The molecule has 0 bridgehead atoms. The summed E-state index contributed by atoms with van der Waals surface area (Å²) in [4.78, 5) is 25.0. The lowest BCUT2D eigenvalue weighted by Gasteiger charge is -2.09. The van der Waals surface area contributed by atoms with Crippen LogP contribution in [0.5, 0.6) is 0 Å². The molecule has 17 heavy (non-hydrogen) atoms. The summed E-state index contributed by atoms with van der Waals surface area (Å²) in [6.45, 7) is 2.18. The summed E-state index contributed by atoms with van der Waals surface area (Å²) in [5.74, 6) is 0.198. The van der Waals surface area contributed by atoms with E-state index in [1.807, 2.05) is 13.8 Å². The van der Waals surface area contributed by atoms with E-state index in [2.05, 4.69) is 4.98 Å². The van der Waals surface area contributed by atoms with E-state index in [4.69, 9.17) is 0 Å². The number of aromatic nitrogens is 2. The number of halogens is 3. The molecule has 0 aromatic carbocycles. The summed E-state index contributed by atoms with van der Waals surface area (Å²) in [5, 5.41) is 0. The van der Waals surface area contributed by atoms with E-state index in [-0.39, 0.29) is 10.5 Å². The second-order valence-corrected chi connectivity index (χ2v) is 4.24. The predicted molar refractivity (Wildman–Crippen MR) is 55.9 cm³/mol. The van der Waals surface area contributed by atoms with Gasteiger partial charge in [0.05, 0.1) is 0 Å². The van der Waals surface area contributed by atoms with Crippen LogP contribution in [0.2, 0.25) is 0 Å². The number of nitrogens with zero attached hydrogens (tertiary/aromatic N) is 1. The average molecular weight is 250 g/mol. The van der Waals surface area contributed by atoms with E-state index >= 15 is 0 Å². The highest BCUT2D eigenvalue weighted by Gasteiger charge is 2.29. The van der Waals surface area contributed by atoms with Gasteiger partial charge in [-0.15, -0.1) is 0 Å². The number of alkyl halides is 3. The molecule has 0 atom stereocenters. The van der Waals surface area contributed by atoms with Crippen molar-refractivity contribution in [2.45, 2.75) is 33.0 Å². The van der Waals surface area contributed by atoms with Gasteiger partial charge < -0.3 is 4.98 Å². The zero-order valence-electron chi connectivity index (χ0n) is 9.47. The second-order valence-electron chi connectivity index (χ2n) is 4.24. The molecule has 0 unspecified atom stereocenters. The van der Waals surface area contributed by atoms with E-state index < -0.39 is 24.0 Å². The first-order valence-corrected chi connectivity index (χ1v) is 5.09. The SMILES string of the molecule is CC(C)Cc1cc(=O)n(CC(F)(F)F)c(=O)[nH]1. The lowest BCUT2D eigenvalue weighted by Crippen LogP contribution is -2.39. The van der Waals surface area contributed by atoms with Crippen LogP contribution in [0.25, 0.3) is 0 Å². The maximum absolute atomic E-state index is 12.1. The first-order chi connectivity index (χ1) is 7.69. The van der Waals surface area contributed by atoms with Gasteiger partial charge in [0.15, 0.2) is 0 Å². The Kier molecular flexibility index (Phi) is 3.79. The van der Waals surface area contributed by atoms with Crippen molar-refractivity contribution in [2.75, 3.05) is 0 Å². The first kappa shape index (κ1) is 13.5. The standard InChI is InChI=1S/C10H13F3N2O2/c1-6(2)3-7-4-8(16)15(9(17)14-7)5-10(11,12)13/h4,6H,3,5H2,1-2H3,(H,14,17). The molecule has 0 amide bonds. The molecular formula is C10H13F3N2O2. The highest BCUT2D eigenvalue weighted by molar-refractivity contribution is 5.00. The van der Waals surface area contributed by atoms with Gasteiger partial charge in [0.2, 0.25) is 0 Å². The second kappa shape index (κ2) is 4.77. The fourth-order valence-electron chi connectivity index (χ4n) is 1.45. The number of rotatable bonds is 3. The molecule has 1 aromatic rings. The van der Waals surface area contributed by atoms with Gasteiger partial charge in [-0.3, -0.25) is 9.36 Å². The van der Waals surface area contributed by atoms with Crippen molar-refractivity contribution < 1.29 is 13.2 Å². The highest BCUT2D eigenvalue weighted by atomic mass is 19.4. The lowest BCUT2D eigenvalue weighted by atomic mass is 10.1. The van der Waals surface area contributed by atoms with Crippen LogP contribution in [-0.2, 0) is 13.0 Å². The Morgan fingerprint density at radius 3 is 2.35 bits per heavy atom. The van der Waals surface area contributed by atoms with Gasteiger partial charge in [-0.1, -0.05) is 13.8 Å². The third kappa shape index (κ3) is 4.08. The summed E-state index contributed by atoms with van der Waals surface area (Å²) < 4.78 is 36.4. The average Bonchev–Trinajstić information content (AvgIpc) is 2.08. The molecule has 4 nitrogen and oxygen atoms in total. The molecule has 0 radical (unpaired) electrons. The smallest absolute Gasteiger partial charge is 0.311 e. The van der Waals surface area contributed by atoms with Crippen molar-refractivity contribution in [3.63, 3.8) is 0 Å². The zero-order valence-corrected chi connectivity index (χ0v) is 9.47. The van der Waals surface area contributed by atoms with Crippen molar-refractivity contribution in [1.82, 2.24) is 9.55 Å². The molecule has 1 heterocycles. The molecule has 96 valence electrons. The van der Waals surface area contributed by atoms with Crippen LogP contribution in [0.3, 0.4) is 0 Å². The third-order valence-electron chi connectivity index (χ3n) is 2.04. The number of H-pyrrole nitrogens is 1. The molecule has 0 saturated heterocycles. The number of hydrogen-bond acceptors (Lipinski definition) is 2. The van der Waals surface area contributed by atoms with Crippen LogP contribution < -0.4 is 11.2 Å². The van der Waals surface area contributed by atoms with Crippen molar-refractivity contribution >= 4 is 0 Å². The van der Waals surface area contributed by atoms with E-state index in [0.717, 1.165) is 6.07 Å². The third-order valence-corrected chi connectivity index (χ3v) is 2.04. The summed E-state index contributed by atoms with van der Waals surface area (Å²) >= 11 is 0. The lowest BCUT2D eigenvalue weighted by molar-refractivity contribution is -0.141. The predicted octanol–water partition coefficient (Wildman–Crippen LogP) is 1.30. The van der Waals surface area contributed by atoms with Crippen LogP contribution in [0.4, 0.5) is 13.2 Å². The summed E-state index contributed by atoms with van der Waals surface area (Å²) in [6, 6.07) is 1.03. The van der Waals surface area contributed by atoms with Crippen LogP contribution in [0.1, 0.15) is 19.5 Å². The van der Waals surface area contributed by atoms with Gasteiger partial charge >= 0.3 is 11.9 Å². The Morgan fingerprint density at radius 1 is 1.35 bits per heavy atom. The molecule has 7 heteroatoms.